The van der Waals surface area contributed by atoms with E-state index in [2.05, 4.69) is 21.8 Å². The topological polar surface area (TPSA) is 89.8 Å². The van der Waals surface area contributed by atoms with Gasteiger partial charge in [0, 0.05) is 31.7 Å². The number of carbonyl (C=O) groups excluding carboxylic acids is 2. The van der Waals surface area contributed by atoms with Crippen molar-refractivity contribution in [1.29, 1.82) is 0 Å². The first-order valence-electron chi connectivity index (χ1n) is 11.9. The third-order valence-electron chi connectivity index (χ3n) is 6.57. The van der Waals surface area contributed by atoms with E-state index in [4.69, 9.17) is 9.47 Å². The lowest BCUT2D eigenvalue weighted by Gasteiger charge is -2.29. The summed E-state index contributed by atoms with van der Waals surface area (Å²) >= 11 is 0. The minimum Gasteiger partial charge on any atom is -0.489 e. The fourth-order valence-corrected chi connectivity index (χ4v) is 4.80. The Hall–Kier alpha value is -3.20. The third-order valence-corrected chi connectivity index (χ3v) is 6.57. The van der Waals surface area contributed by atoms with Crippen molar-refractivity contribution in [2.75, 3.05) is 33.4 Å². The lowest BCUT2D eigenvalue weighted by molar-refractivity contribution is -0.136. The second-order valence-corrected chi connectivity index (χ2v) is 8.86. The van der Waals surface area contributed by atoms with E-state index in [-0.39, 0.29) is 23.7 Å². The molecule has 0 spiro atoms. The molecule has 0 saturated carbocycles. The molecule has 0 radical (unpaired) electrons. The van der Waals surface area contributed by atoms with Gasteiger partial charge in [0.15, 0.2) is 5.69 Å². The zero-order chi connectivity index (χ0) is 23.9. The van der Waals surface area contributed by atoms with Gasteiger partial charge in [-0.1, -0.05) is 48.9 Å². The standard InChI is InChI=1S/C25H33N5O4/c1-3-14-34-23-11-7-6-10-19(23)16-29-17-20(30-18-21(26-27-30)25(32)33-2)15-22(29)24(31)28-12-8-4-5-9-13-28/h3,6-7,10-11,18,20,22H,1,4-5,8-9,12-17H2,2H3/t20-,22+/m1/s1. The first-order chi connectivity index (χ1) is 16.6. The highest BCUT2D eigenvalue weighted by Gasteiger charge is 2.40. The van der Waals surface area contributed by atoms with Crippen molar-refractivity contribution < 1.29 is 19.1 Å². The smallest absolute Gasteiger partial charge is 0.360 e. The Kier molecular flexibility index (Phi) is 7.95. The van der Waals surface area contributed by atoms with E-state index in [1.807, 2.05) is 29.2 Å². The number of likely N-dealkylation sites (tertiary alicyclic amines) is 2. The molecule has 1 amide bonds. The number of hydrogen-bond donors (Lipinski definition) is 0. The summed E-state index contributed by atoms with van der Waals surface area (Å²) in [5.41, 5.74) is 1.19. The van der Waals surface area contributed by atoms with Crippen molar-refractivity contribution in [3.8, 4) is 5.75 Å². The summed E-state index contributed by atoms with van der Waals surface area (Å²) in [5.74, 6) is 0.439. The molecule has 2 atom stereocenters. The molecule has 2 aliphatic rings. The van der Waals surface area contributed by atoms with Gasteiger partial charge in [0.05, 0.1) is 25.4 Å². The maximum absolute atomic E-state index is 13.7. The average molecular weight is 468 g/mol. The van der Waals surface area contributed by atoms with E-state index in [1.165, 1.54) is 20.0 Å². The molecule has 1 aromatic heterocycles. The predicted molar refractivity (Wildman–Crippen MR) is 126 cm³/mol. The summed E-state index contributed by atoms with van der Waals surface area (Å²) in [6.45, 7) is 6.96. The van der Waals surface area contributed by atoms with Crippen molar-refractivity contribution >= 4 is 11.9 Å². The van der Waals surface area contributed by atoms with Crippen LogP contribution in [0.15, 0.2) is 43.1 Å². The number of para-hydroxylation sites is 1. The zero-order valence-corrected chi connectivity index (χ0v) is 19.8. The molecular formula is C25H33N5O4. The molecule has 0 aliphatic carbocycles. The molecular weight excluding hydrogens is 434 g/mol. The zero-order valence-electron chi connectivity index (χ0n) is 19.8. The van der Waals surface area contributed by atoms with E-state index >= 15 is 0 Å². The molecule has 182 valence electrons. The van der Waals surface area contributed by atoms with Crippen LogP contribution in [-0.2, 0) is 16.1 Å². The van der Waals surface area contributed by atoms with Crippen molar-refractivity contribution in [1.82, 2.24) is 24.8 Å². The number of amides is 1. The maximum Gasteiger partial charge on any atom is 0.360 e. The van der Waals surface area contributed by atoms with E-state index < -0.39 is 5.97 Å². The molecule has 0 N–H and O–H groups in total. The molecule has 34 heavy (non-hydrogen) atoms. The van der Waals surface area contributed by atoms with E-state index in [0.717, 1.165) is 37.2 Å². The van der Waals surface area contributed by atoms with Crippen LogP contribution in [0.5, 0.6) is 5.75 Å². The summed E-state index contributed by atoms with van der Waals surface area (Å²) < 4.78 is 12.3. The Morgan fingerprint density at radius 1 is 1.18 bits per heavy atom. The van der Waals surface area contributed by atoms with Gasteiger partial charge in [-0.05, 0) is 25.3 Å². The highest BCUT2D eigenvalue weighted by Crippen LogP contribution is 2.32. The Bertz CT molecular complexity index is 999. The van der Waals surface area contributed by atoms with Crippen LogP contribution in [0, 0.1) is 0 Å². The lowest BCUT2D eigenvalue weighted by atomic mass is 10.1. The number of hydrogen-bond acceptors (Lipinski definition) is 7. The van der Waals surface area contributed by atoms with Crippen LogP contribution in [0.1, 0.15) is 54.2 Å². The molecule has 2 aromatic rings. The Labute approximate surface area is 200 Å². The summed E-state index contributed by atoms with van der Waals surface area (Å²) in [5, 5.41) is 8.12. The van der Waals surface area contributed by atoms with E-state index in [0.29, 0.717) is 26.1 Å². The first kappa shape index (κ1) is 23.9. The van der Waals surface area contributed by atoms with Gasteiger partial charge in [0.2, 0.25) is 5.91 Å². The van der Waals surface area contributed by atoms with Crippen LogP contribution in [0.3, 0.4) is 0 Å². The summed E-state index contributed by atoms with van der Waals surface area (Å²) in [6, 6.07) is 7.55. The van der Waals surface area contributed by atoms with Crippen LogP contribution >= 0.6 is 0 Å². The van der Waals surface area contributed by atoms with Gasteiger partial charge in [-0.25, -0.2) is 9.48 Å². The van der Waals surface area contributed by atoms with Crippen LogP contribution in [0.2, 0.25) is 0 Å². The molecule has 0 bridgehead atoms. The van der Waals surface area contributed by atoms with Crippen molar-refractivity contribution in [3.05, 3.63) is 54.4 Å². The molecule has 2 aliphatic heterocycles. The monoisotopic (exact) mass is 467 g/mol. The summed E-state index contributed by atoms with van der Waals surface area (Å²) in [7, 11) is 1.32. The number of methoxy groups -OCH3 is 1. The van der Waals surface area contributed by atoms with Gasteiger partial charge in [-0.3, -0.25) is 9.69 Å². The number of nitrogens with zero attached hydrogens (tertiary/aromatic N) is 5. The van der Waals surface area contributed by atoms with Crippen LogP contribution in [-0.4, -0.2) is 76.1 Å². The molecule has 9 nitrogen and oxygen atoms in total. The molecule has 9 heteroatoms. The Balaban J connectivity index is 1.57. The average Bonchev–Trinajstić information content (AvgIpc) is 3.42. The molecule has 2 saturated heterocycles. The molecule has 0 unspecified atom stereocenters. The Morgan fingerprint density at radius 3 is 2.68 bits per heavy atom. The molecule has 1 aromatic carbocycles. The van der Waals surface area contributed by atoms with E-state index in [9.17, 15) is 9.59 Å². The quantitative estimate of drug-likeness (QED) is 0.436. The minimum absolute atomic E-state index is 0.0758. The SMILES string of the molecule is C=CCOc1ccccc1CN1C[C@H](n2cc(C(=O)OC)nn2)C[C@H]1C(=O)N1CCCCCC1. The number of esters is 1. The number of carbonyl (C=O) groups is 2. The first-order valence-corrected chi connectivity index (χ1v) is 11.9. The van der Waals surface area contributed by atoms with Crippen LogP contribution in [0.4, 0.5) is 0 Å². The Morgan fingerprint density at radius 2 is 1.94 bits per heavy atom. The number of rotatable bonds is 8. The molecule has 2 fully saturated rings. The van der Waals surface area contributed by atoms with Gasteiger partial charge in [0.1, 0.15) is 12.4 Å². The van der Waals surface area contributed by atoms with Crippen molar-refractivity contribution in [2.24, 2.45) is 0 Å². The third kappa shape index (κ3) is 5.47. The summed E-state index contributed by atoms with van der Waals surface area (Å²) in [6.07, 6.45) is 8.37. The number of aromatic nitrogens is 3. The normalized spacial score (nSPS) is 21.1. The van der Waals surface area contributed by atoms with Crippen molar-refractivity contribution in [2.45, 2.75) is 50.7 Å². The fraction of sp³-hybridized carbons (Fsp3) is 0.520. The van der Waals surface area contributed by atoms with E-state index in [1.54, 1.807) is 17.0 Å². The van der Waals surface area contributed by atoms with Crippen molar-refractivity contribution in [3.63, 3.8) is 0 Å². The second-order valence-electron chi connectivity index (χ2n) is 8.86. The van der Waals surface area contributed by atoms with Gasteiger partial charge >= 0.3 is 5.97 Å². The molecule has 4 rings (SSSR count). The largest absolute Gasteiger partial charge is 0.489 e. The fourth-order valence-electron chi connectivity index (χ4n) is 4.80. The maximum atomic E-state index is 13.7. The summed E-state index contributed by atoms with van der Waals surface area (Å²) in [4.78, 5) is 29.7. The van der Waals surface area contributed by atoms with Gasteiger partial charge in [0.25, 0.3) is 0 Å². The highest BCUT2D eigenvalue weighted by atomic mass is 16.5. The minimum atomic E-state index is -0.522. The second kappa shape index (κ2) is 11.3. The van der Waals surface area contributed by atoms with Crippen LogP contribution < -0.4 is 4.74 Å². The van der Waals surface area contributed by atoms with Gasteiger partial charge in [-0.15, -0.1) is 5.10 Å². The van der Waals surface area contributed by atoms with Crippen LogP contribution in [0.25, 0.3) is 0 Å². The van der Waals surface area contributed by atoms with Gasteiger partial charge in [-0.2, -0.15) is 0 Å². The predicted octanol–water partition coefficient (Wildman–Crippen LogP) is 2.85. The highest BCUT2D eigenvalue weighted by molar-refractivity contribution is 5.86. The van der Waals surface area contributed by atoms with Gasteiger partial charge < -0.3 is 14.4 Å². The molecule has 3 heterocycles. The number of benzene rings is 1. The lowest BCUT2D eigenvalue weighted by Crippen LogP contribution is -2.45. The number of ether oxygens (including phenoxy) is 2.